The van der Waals surface area contributed by atoms with Crippen LogP contribution in [-0.2, 0) is 0 Å². The molecule has 2 N–H and O–H groups in total. The number of benzene rings is 2. The van der Waals surface area contributed by atoms with Crippen LogP contribution in [0, 0.1) is 0 Å². The summed E-state index contributed by atoms with van der Waals surface area (Å²) >= 11 is 0. The average molecular weight is 184 g/mol. The Morgan fingerprint density at radius 1 is 0.692 bits per heavy atom. The number of hydrogen-bond donors (Lipinski definition) is 2. The van der Waals surface area contributed by atoms with Crippen molar-refractivity contribution in [1.82, 2.24) is 0 Å². The van der Waals surface area contributed by atoms with Crippen molar-refractivity contribution in [3.05, 3.63) is 36.4 Å². The van der Waals surface area contributed by atoms with Crippen molar-refractivity contribution in [2.24, 2.45) is 0 Å². The summed E-state index contributed by atoms with van der Waals surface area (Å²) in [6.07, 6.45) is 0. The maximum absolute atomic E-state index is 9.38. The molecule has 3 heteroatoms. The van der Waals surface area contributed by atoms with Gasteiger partial charge in [0, 0.05) is 10.8 Å². The summed E-state index contributed by atoms with van der Waals surface area (Å²) in [7, 11) is 0. The molecule has 2 rings (SSSR count). The number of fused-ring (bicyclic) bond motifs is 1. The minimum absolute atomic E-state index is 0. The Kier molecular flexibility index (Phi) is 3.20. The van der Waals surface area contributed by atoms with Gasteiger partial charge in [-0.25, -0.2) is 0 Å². The summed E-state index contributed by atoms with van der Waals surface area (Å²) in [5.41, 5.74) is 0. The van der Waals surface area contributed by atoms with E-state index in [1.54, 1.807) is 36.4 Å². The summed E-state index contributed by atoms with van der Waals surface area (Å²) in [5.74, 6) is 0.395. The normalized spacial score (nSPS) is 9.54. The van der Waals surface area contributed by atoms with Crippen LogP contribution in [0.5, 0.6) is 11.5 Å². The zero-order chi connectivity index (χ0) is 8.55. The Balaban J connectivity index is 0.000000845. The molecule has 0 radical (unpaired) electrons. The van der Waals surface area contributed by atoms with Gasteiger partial charge >= 0.3 is 29.6 Å². The molecule has 0 fully saturated rings. The Bertz CT molecular complexity index is 385. The summed E-state index contributed by atoms with van der Waals surface area (Å²) in [6, 6.07) is 10.1. The molecule has 0 spiro atoms. The standard InChI is InChI=1S/C10H8O2.Na.H/c11-9-5-1-3-7-8(9)4-2-6-10(7)12;;/h1-6,11-12H;;. The SMILES string of the molecule is Oc1cccc2c(O)cccc12.[NaH]. The Labute approximate surface area is 98.1 Å². The van der Waals surface area contributed by atoms with Gasteiger partial charge in [-0.15, -0.1) is 0 Å². The van der Waals surface area contributed by atoms with Crippen LogP contribution >= 0.6 is 0 Å². The monoisotopic (exact) mass is 184 g/mol. The molecule has 0 saturated heterocycles. The molecule has 2 aromatic rings. The van der Waals surface area contributed by atoms with Gasteiger partial charge in [-0.05, 0) is 12.1 Å². The van der Waals surface area contributed by atoms with Crippen molar-refractivity contribution in [2.45, 2.75) is 0 Å². The first-order valence-corrected chi connectivity index (χ1v) is 3.69. The van der Waals surface area contributed by atoms with E-state index >= 15 is 0 Å². The average Bonchev–Trinajstić information content (AvgIpc) is 2.07. The van der Waals surface area contributed by atoms with Gasteiger partial charge in [0.1, 0.15) is 11.5 Å². The van der Waals surface area contributed by atoms with E-state index in [0.29, 0.717) is 10.8 Å². The van der Waals surface area contributed by atoms with Crippen LogP contribution in [0.2, 0.25) is 0 Å². The molecule has 0 unspecified atom stereocenters. The van der Waals surface area contributed by atoms with Crippen LogP contribution < -0.4 is 0 Å². The first-order valence-electron chi connectivity index (χ1n) is 3.69. The molecule has 0 aromatic heterocycles. The van der Waals surface area contributed by atoms with E-state index in [-0.39, 0.29) is 41.1 Å². The van der Waals surface area contributed by atoms with Gasteiger partial charge in [0.25, 0.3) is 0 Å². The van der Waals surface area contributed by atoms with E-state index < -0.39 is 0 Å². The maximum atomic E-state index is 9.38. The predicted molar refractivity (Wildman–Crippen MR) is 54.4 cm³/mol. The molecular weight excluding hydrogens is 175 g/mol. The molecule has 2 nitrogen and oxygen atoms in total. The fraction of sp³-hybridized carbons (Fsp3) is 0. The molecular formula is C10H9NaO2. The summed E-state index contributed by atoms with van der Waals surface area (Å²) in [6.45, 7) is 0. The van der Waals surface area contributed by atoms with Crippen LogP contribution in [0.4, 0.5) is 0 Å². The number of aromatic hydroxyl groups is 2. The Morgan fingerprint density at radius 3 is 1.46 bits per heavy atom. The van der Waals surface area contributed by atoms with Crippen LogP contribution in [-0.4, -0.2) is 39.8 Å². The van der Waals surface area contributed by atoms with Gasteiger partial charge in [-0.2, -0.15) is 0 Å². The van der Waals surface area contributed by atoms with E-state index in [4.69, 9.17) is 0 Å². The van der Waals surface area contributed by atoms with Gasteiger partial charge < -0.3 is 10.2 Å². The molecule has 0 aliphatic carbocycles. The topological polar surface area (TPSA) is 40.5 Å². The van der Waals surface area contributed by atoms with Crippen LogP contribution in [0.15, 0.2) is 36.4 Å². The third-order valence-electron chi connectivity index (χ3n) is 1.88. The zero-order valence-electron chi connectivity index (χ0n) is 6.36. The van der Waals surface area contributed by atoms with E-state index in [2.05, 4.69) is 0 Å². The molecule has 0 amide bonds. The van der Waals surface area contributed by atoms with Crippen molar-refractivity contribution < 1.29 is 10.2 Å². The number of phenolic OH excluding ortho intramolecular Hbond substituents is 2. The molecule has 0 aliphatic rings. The van der Waals surface area contributed by atoms with Gasteiger partial charge in [-0.1, -0.05) is 24.3 Å². The molecule has 0 heterocycles. The third-order valence-corrected chi connectivity index (χ3v) is 1.88. The quantitative estimate of drug-likeness (QED) is 0.610. The van der Waals surface area contributed by atoms with Crippen LogP contribution in [0.25, 0.3) is 10.8 Å². The molecule has 2 aromatic carbocycles. The molecule has 0 atom stereocenters. The van der Waals surface area contributed by atoms with Crippen molar-refractivity contribution in [1.29, 1.82) is 0 Å². The minimum atomic E-state index is 0. The molecule has 0 bridgehead atoms. The van der Waals surface area contributed by atoms with E-state index in [9.17, 15) is 10.2 Å². The van der Waals surface area contributed by atoms with E-state index in [0.717, 1.165) is 0 Å². The van der Waals surface area contributed by atoms with Crippen molar-refractivity contribution in [3.63, 3.8) is 0 Å². The molecule has 0 aliphatic heterocycles. The van der Waals surface area contributed by atoms with Crippen molar-refractivity contribution in [2.75, 3.05) is 0 Å². The zero-order valence-corrected chi connectivity index (χ0v) is 6.36. The first-order chi connectivity index (χ1) is 5.79. The first kappa shape index (κ1) is 10.4. The third kappa shape index (κ3) is 1.80. The second-order valence-electron chi connectivity index (χ2n) is 2.65. The summed E-state index contributed by atoms with van der Waals surface area (Å²) in [5, 5.41) is 20.1. The Morgan fingerprint density at radius 2 is 1.08 bits per heavy atom. The predicted octanol–water partition coefficient (Wildman–Crippen LogP) is 1.60. The van der Waals surface area contributed by atoms with Crippen molar-refractivity contribution in [3.8, 4) is 11.5 Å². The number of hydrogen-bond acceptors (Lipinski definition) is 2. The number of phenols is 2. The van der Waals surface area contributed by atoms with Crippen LogP contribution in [0.1, 0.15) is 0 Å². The van der Waals surface area contributed by atoms with Gasteiger partial charge in [0.05, 0.1) is 0 Å². The van der Waals surface area contributed by atoms with Crippen molar-refractivity contribution >= 4 is 40.3 Å². The van der Waals surface area contributed by atoms with Gasteiger partial charge in [-0.3, -0.25) is 0 Å². The van der Waals surface area contributed by atoms with Crippen LogP contribution in [0.3, 0.4) is 0 Å². The second-order valence-corrected chi connectivity index (χ2v) is 2.65. The van der Waals surface area contributed by atoms with E-state index in [1.165, 1.54) is 0 Å². The Hall–Kier alpha value is -0.700. The molecule has 62 valence electrons. The summed E-state index contributed by atoms with van der Waals surface area (Å²) in [4.78, 5) is 0. The second kappa shape index (κ2) is 4.01. The number of rotatable bonds is 0. The molecule has 13 heavy (non-hydrogen) atoms. The van der Waals surface area contributed by atoms with Gasteiger partial charge in [0.15, 0.2) is 0 Å². The summed E-state index contributed by atoms with van der Waals surface area (Å²) < 4.78 is 0. The fourth-order valence-corrected chi connectivity index (χ4v) is 1.28. The van der Waals surface area contributed by atoms with E-state index in [1.807, 2.05) is 0 Å². The van der Waals surface area contributed by atoms with Gasteiger partial charge in [0.2, 0.25) is 0 Å². The molecule has 0 saturated carbocycles. The fourth-order valence-electron chi connectivity index (χ4n) is 1.28.